The minimum atomic E-state index is 0.229. The smallest absolute Gasteiger partial charge is 0.119 e. The lowest BCUT2D eigenvalue weighted by Gasteiger charge is -2.27. The zero-order chi connectivity index (χ0) is 17.8. The van der Waals surface area contributed by atoms with E-state index in [1.807, 2.05) is 30.3 Å². The standard InChI is InChI=1S/C20H36N2O2/c1-17(2)11-21-15-20(3,4)16-22-12-18(13-23-5)14-24-19-9-7-6-8-10-19/h6-10,17-18,21-22H,11-16H2,1-5H3. The Kier molecular flexibility index (Phi) is 9.99. The first-order chi connectivity index (χ1) is 11.4. The van der Waals surface area contributed by atoms with Crippen molar-refractivity contribution in [1.29, 1.82) is 0 Å². The summed E-state index contributed by atoms with van der Waals surface area (Å²) in [6.07, 6.45) is 0. The molecule has 0 radical (unpaired) electrons. The van der Waals surface area contributed by atoms with Crippen LogP contribution in [0.5, 0.6) is 5.75 Å². The van der Waals surface area contributed by atoms with Crippen molar-refractivity contribution in [2.75, 3.05) is 46.5 Å². The van der Waals surface area contributed by atoms with Gasteiger partial charge in [0.2, 0.25) is 0 Å². The molecule has 4 heteroatoms. The average Bonchev–Trinajstić information content (AvgIpc) is 2.53. The van der Waals surface area contributed by atoms with Gasteiger partial charge in [0.05, 0.1) is 13.2 Å². The number of hydrogen-bond acceptors (Lipinski definition) is 4. The Morgan fingerprint density at radius 1 is 0.958 bits per heavy atom. The topological polar surface area (TPSA) is 42.5 Å². The fourth-order valence-corrected chi connectivity index (χ4v) is 2.51. The van der Waals surface area contributed by atoms with E-state index in [4.69, 9.17) is 9.47 Å². The maximum atomic E-state index is 5.86. The van der Waals surface area contributed by atoms with Crippen LogP contribution in [0, 0.1) is 17.3 Å². The van der Waals surface area contributed by atoms with E-state index < -0.39 is 0 Å². The summed E-state index contributed by atoms with van der Waals surface area (Å²) in [6.45, 7) is 14.4. The van der Waals surface area contributed by atoms with Gasteiger partial charge in [-0.05, 0) is 30.0 Å². The van der Waals surface area contributed by atoms with Crippen LogP contribution in [0.25, 0.3) is 0 Å². The fraction of sp³-hybridized carbons (Fsp3) is 0.700. The van der Waals surface area contributed by atoms with E-state index in [2.05, 4.69) is 38.3 Å². The van der Waals surface area contributed by atoms with Crippen LogP contribution in [0.15, 0.2) is 30.3 Å². The third kappa shape index (κ3) is 9.91. The number of rotatable bonds is 13. The van der Waals surface area contributed by atoms with Crippen LogP contribution in [0.2, 0.25) is 0 Å². The highest BCUT2D eigenvalue weighted by molar-refractivity contribution is 5.20. The molecule has 0 spiro atoms. The summed E-state index contributed by atoms with van der Waals surface area (Å²) in [4.78, 5) is 0. The Morgan fingerprint density at radius 3 is 2.17 bits per heavy atom. The first kappa shape index (κ1) is 20.9. The van der Waals surface area contributed by atoms with Gasteiger partial charge < -0.3 is 20.1 Å². The Labute approximate surface area is 148 Å². The Bertz CT molecular complexity index is 421. The Morgan fingerprint density at radius 2 is 1.58 bits per heavy atom. The molecule has 1 aromatic rings. The summed E-state index contributed by atoms with van der Waals surface area (Å²) < 4.78 is 11.2. The van der Waals surface area contributed by atoms with Crippen molar-refractivity contribution in [3.05, 3.63) is 30.3 Å². The van der Waals surface area contributed by atoms with E-state index in [0.29, 0.717) is 25.0 Å². The molecule has 0 aromatic heterocycles. The molecule has 24 heavy (non-hydrogen) atoms. The van der Waals surface area contributed by atoms with Crippen LogP contribution in [-0.2, 0) is 4.74 Å². The summed E-state index contributed by atoms with van der Waals surface area (Å²) in [5.41, 5.74) is 0.229. The normalized spacial score (nSPS) is 13.2. The molecular weight excluding hydrogens is 300 g/mol. The molecule has 1 rings (SSSR count). The third-order valence-corrected chi connectivity index (χ3v) is 3.82. The molecule has 0 amide bonds. The largest absolute Gasteiger partial charge is 0.493 e. The SMILES string of the molecule is COCC(CNCC(C)(C)CNCC(C)C)COc1ccccc1. The summed E-state index contributed by atoms with van der Waals surface area (Å²) in [5, 5.41) is 7.13. The number of nitrogens with one attached hydrogen (secondary N) is 2. The molecule has 0 aliphatic heterocycles. The minimum Gasteiger partial charge on any atom is -0.493 e. The number of para-hydroxylation sites is 1. The molecule has 0 bridgehead atoms. The van der Waals surface area contributed by atoms with Gasteiger partial charge in [-0.2, -0.15) is 0 Å². The van der Waals surface area contributed by atoms with Gasteiger partial charge >= 0.3 is 0 Å². The van der Waals surface area contributed by atoms with Crippen molar-refractivity contribution >= 4 is 0 Å². The van der Waals surface area contributed by atoms with Gasteiger partial charge in [-0.3, -0.25) is 0 Å². The molecule has 1 atom stereocenters. The van der Waals surface area contributed by atoms with E-state index in [-0.39, 0.29) is 5.41 Å². The summed E-state index contributed by atoms with van der Waals surface area (Å²) in [6, 6.07) is 9.95. The number of ether oxygens (including phenoxy) is 2. The predicted octanol–water partition coefficient (Wildman–Crippen LogP) is 3.19. The van der Waals surface area contributed by atoms with Gasteiger partial charge in [0.1, 0.15) is 5.75 Å². The molecule has 0 heterocycles. The molecule has 2 N–H and O–H groups in total. The molecule has 1 aromatic carbocycles. The molecular formula is C20H36N2O2. The maximum Gasteiger partial charge on any atom is 0.119 e. The lowest BCUT2D eigenvalue weighted by Crippen LogP contribution is -2.41. The van der Waals surface area contributed by atoms with Crippen molar-refractivity contribution in [3.8, 4) is 5.75 Å². The molecule has 0 aliphatic rings. The van der Waals surface area contributed by atoms with Gasteiger partial charge in [-0.15, -0.1) is 0 Å². The third-order valence-electron chi connectivity index (χ3n) is 3.82. The second-order valence-electron chi connectivity index (χ2n) is 7.77. The second-order valence-corrected chi connectivity index (χ2v) is 7.77. The number of methoxy groups -OCH3 is 1. The van der Waals surface area contributed by atoms with Gasteiger partial charge in [0, 0.05) is 32.7 Å². The van der Waals surface area contributed by atoms with E-state index in [9.17, 15) is 0 Å². The van der Waals surface area contributed by atoms with Crippen molar-refractivity contribution in [2.45, 2.75) is 27.7 Å². The van der Waals surface area contributed by atoms with E-state index in [0.717, 1.165) is 31.9 Å². The number of benzene rings is 1. The van der Waals surface area contributed by atoms with Crippen molar-refractivity contribution in [1.82, 2.24) is 10.6 Å². The lowest BCUT2D eigenvalue weighted by atomic mass is 9.93. The fourth-order valence-electron chi connectivity index (χ4n) is 2.51. The van der Waals surface area contributed by atoms with Gasteiger partial charge in [0.25, 0.3) is 0 Å². The van der Waals surface area contributed by atoms with E-state index >= 15 is 0 Å². The molecule has 0 saturated carbocycles. The Hall–Kier alpha value is -1.10. The van der Waals surface area contributed by atoms with Crippen LogP contribution in [0.4, 0.5) is 0 Å². The van der Waals surface area contributed by atoms with Crippen LogP contribution in [0.3, 0.4) is 0 Å². The van der Waals surface area contributed by atoms with Crippen molar-refractivity contribution < 1.29 is 9.47 Å². The maximum absolute atomic E-state index is 5.86. The molecule has 0 aliphatic carbocycles. The monoisotopic (exact) mass is 336 g/mol. The Balaban J connectivity index is 2.29. The minimum absolute atomic E-state index is 0.229. The van der Waals surface area contributed by atoms with Gasteiger partial charge in [-0.1, -0.05) is 45.9 Å². The molecule has 0 saturated heterocycles. The summed E-state index contributed by atoms with van der Waals surface area (Å²) in [5.74, 6) is 1.95. The zero-order valence-corrected chi connectivity index (χ0v) is 16.1. The highest BCUT2D eigenvalue weighted by atomic mass is 16.5. The molecule has 0 fully saturated rings. The molecule has 1 unspecified atom stereocenters. The second kappa shape index (κ2) is 11.5. The van der Waals surface area contributed by atoms with Crippen LogP contribution < -0.4 is 15.4 Å². The first-order valence-corrected chi connectivity index (χ1v) is 9.01. The summed E-state index contributed by atoms with van der Waals surface area (Å²) >= 11 is 0. The van der Waals surface area contributed by atoms with Crippen molar-refractivity contribution in [2.24, 2.45) is 17.3 Å². The zero-order valence-electron chi connectivity index (χ0n) is 16.1. The highest BCUT2D eigenvalue weighted by Gasteiger charge is 2.18. The van der Waals surface area contributed by atoms with Crippen LogP contribution in [-0.4, -0.2) is 46.5 Å². The van der Waals surface area contributed by atoms with Gasteiger partial charge in [-0.25, -0.2) is 0 Å². The van der Waals surface area contributed by atoms with E-state index in [1.54, 1.807) is 7.11 Å². The van der Waals surface area contributed by atoms with Crippen LogP contribution >= 0.6 is 0 Å². The van der Waals surface area contributed by atoms with Crippen LogP contribution in [0.1, 0.15) is 27.7 Å². The lowest BCUT2D eigenvalue weighted by molar-refractivity contribution is 0.115. The predicted molar refractivity (Wildman–Crippen MR) is 102 cm³/mol. The summed E-state index contributed by atoms with van der Waals surface area (Å²) in [7, 11) is 1.75. The number of hydrogen-bond donors (Lipinski definition) is 2. The first-order valence-electron chi connectivity index (χ1n) is 9.01. The van der Waals surface area contributed by atoms with E-state index in [1.165, 1.54) is 0 Å². The van der Waals surface area contributed by atoms with Gasteiger partial charge in [0.15, 0.2) is 0 Å². The highest BCUT2D eigenvalue weighted by Crippen LogP contribution is 2.13. The quantitative estimate of drug-likeness (QED) is 0.580. The molecule has 138 valence electrons. The van der Waals surface area contributed by atoms with Crippen molar-refractivity contribution in [3.63, 3.8) is 0 Å². The average molecular weight is 337 g/mol. The molecule has 4 nitrogen and oxygen atoms in total.